The van der Waals surface area contributed by atoms with Crippen LogP contribution in [0.25, 0.3) is 60.9 Å². The molecule has 2 aromatic heterocycles. The van der Waals surface area contributed by atoms with E-state index in [1.807, 2.05) is 38.1 Å². The minimum absolute atomic E-state index is 0.0559. The Labute approximate surface area is 232 Å². The zero-order chi connectivity index (χ0) is 27.2. The van der Waals surface area contributed by atoms with Crippen LogP contribution in [0.15, 0.2) is 115 Å². The van der Waals surface area contributed by atoms with Crippen LogP contribution >= 0.6 is 0 Å². The first-order chi connectivity index (χ1) is 19.5. The van der Waals surface area contributed by atoms with Gasteiger partial charge in [-0.25, -0.2) is 4.98 Å². The molecule has 7 aromatic rings. The summed E-state index contributed by atoms with van der Waals surface area (Å²) in [5, 5.41) is 15.2. The Kier molecular flexibility index (Phi) is 5.71. The molecule has 0 bridgehead atoms. The molecule has 40 heavy (non-hydrogen) atoms. The van der Waals surface area contributed by atoms with Gasteiger partial charge in [-0.1, -0.05) is 60.7 Å². The fourth-order valence-electron chi connectivity index (χ4n) is 5.38. The molecule has 0 spiro atoms. The number of aromatic hydroxyl groups is 1. The molecule has 0 fully saturated rings. The third-order valence-electron chi connectivity index (χ3n) is 7.15. The lowest BCUT2D eigenvalue weighted by atomic mass is 10.0. The topological polar surface area (TPSA) is 60.2 Å². The van der Waals surface area contributed by atoms with E-state index < -0.39 is 0 Å². The van der Waals surface area contributed by atoms with Crippen LogP contribution in [-0.4, -0.2) is 25.7 Å². The van der Waals surface area contributed by atoms with E-state index in [2.05, 4.69) is 88.4 Å². The van der Waals surface area contributed by atoms with Crippen molar-refractivity contribution in [3.8, 4) is 40.0 Å². The zero-order valence-electron chi connectivity index (χ0n) is 22.2. The van der Waals surface area contributed by atoms with Crippen molar-refractivity contribution >= 4 is 32.6 Å². The van der Waals surface area contributed by atoms with Gasteiger partial charge in [0.05, 0.1) is 28.4 Å². The monoisotopic (exact) mass is 521 g/mol. The largest absolute Gasteiger partial charge is 0.507 e. The molecule has 5 heteroatoms. The number of benzene rings is 5. The van der Waals surface area contributed by atoms with Crippen LogP contribution in [-0.2, 0) is 0 Å². The molecule has 0 aliphatic heterocycles. The summed E-state index contributed by atoms with van der Waals surface area (Å²) in [4.78, 5) is 9.51. The van der Waals surface area contributed by atoms with Gasteiger partial charge < -0.3 is 14.4 Å². The minimum atomic E-state index is -0.0559. The smallest absolute Gasteiger partial charge is 0.217 e. The summed E-state index contributed by atoms with van der Waals surface area (Å²) in [5.74, 6) is 1.02. The van der Waals surface area contributed by atoms with Crippen LogP contribution in [0.5, 0.6) is 11.6 Å². The predicted molar refractivity (Wildman–Crippen MR) is 162 cm³/mol. The lowest BCUT2D eigenvalue weighted by Crippen LogP contribution is -2.08. The van der Waals surface area contributed by atoms with Crippen molar-refractivity contribution in [3.05, 3.63) is 115 Å². The summed E-state index contributed by atoms with van der Waals surface area (Å²) in [5.41, 5.74) is 5.62. The number of fused-ring (bicyclic) bond motifs is 4. The molecule has 7 rings (SSSR count). The van der Waals surface area contributed by atoms with E-state index in [0.29, 0.717) is 17.3 Å². The predicted octanol–water partition coefficient (Wildman–Crippen LogP) is 8.55. The number of phenols is 1. The van der Waals surface area contributed by atoms with E-state index in [1.165, 1.54) is 16.2 Å². The van der Waals surface area contributed by atoms with Gasteiger partial charge in [0.1, 0.15) is 5.75 Å². The molecule has 0 saturated carbocycles. The van der Waals surface area contributed by atoms with Crippen LogP contribution < -0.4 is 4.74 Å². The highest BCUT2D eigenvalue weighted by molar-refractivity contribution is 6.14. The van der Waals surface area contributed by atoms with Gasteiger partial charge in [0.2, 0.25) is 5.88 Å². The van der Waals surface area contributed by atoms with Crippen molar-refractivity contribution in [1.29, 1.82) is 0 Å². The summed E-state index contributed by atoms with van der Waals surface area (Å²) >= 11 is 0. The second kappa shape index (κ2) is 9.54. The molecule has 0 unspecified atom stereocenters. The maximum atomic E-state index is 10.5. The zero-order valence-corrected chi connectivity index (χ0v) is 22.2. The Morgan fingerprint density at radius 2 is 1.38 bits per heavy atom. The molecule has 0 aliphatic rings. The fourth-order valence-corrected chi connectivity index (χ4v) is 5.38. The average molecular weight is 522 g/mol. The number of phenolic OH excluding ortho intramolecular Hbond substituents is 1. The van der Waals surface area contributed by atoms with Crippen molar-refractivity contribution in [2.45, 2.75) is 20.0 Å². The second-order valence-corrected chi connectivity index (χ2v) is 10.2. The van der Waals surface area contributed by atoms with Crippen molar-refractivity contribution in [1.82, 2.24) is 14.5 Å². The number of hydrogen-bond acceptors (Lipinski definition) is 4. The van der Waals surface area contributed by atoms with Crippen molar-refractivity contribution in [2.75, 3.05) is 0 Å². The second-order valence-electron chi connectivity index (χ2n) is 10.2. The molecule has 0 aliphatic carbocycles. The van der Waals surface area contributed by atoms with Crippen LogP contribution in [0.3, 0.4) is 0 Å². The third kappa shape index (κ3) is 4.12. The number of rotatable bonds is 5. The molecule has 2 heterocycles. The summed E-state index contributed by atoms with van der Waals surface area (Å²) < 4.78 is 8.33. The van der Waals surface area contributed by atoms with Gasteiger partial charge in [0.25, 0.3) is 0 Å². The number of hydrogen-bond donors (Lipinski definition) is 1. The average Bonchev–Trinajstić information content (AvgIpc) is 3.28. The number of nitrogens with zero attached hydrogens (tertiary/aromatic N) is 3. The van der Waals surface area contributed by atoms with Crippen LogP contribution in [0, 0.1) is 0 Å². The highest BCUT2D eigenvalue weighted by Gasteiger charge is 2.17. The first kappa shape index (κ1) is 23.9. The molecule has 1 N–H and O–H groups in total. The first-order valence-corrected chi connectivity index (χ1v) is 13.4. The molecule has 0 radical (unpaired) electrons. The quantitative estimate of drug-likeness (QED) is 0.246. The molecule has 194 valence electrons. The highest BCUT2D eigenvalue weighted by atomic mass is 16.5. The van der Waals surface area contributed by atoms with Gasteiger partial charge in [0.15, 0.2) is 5.82 Å². The molecule has 0 atom stereocenters. The molecule has 5 aromatic carbocycles. The number of ether oxygens (including phenoxy) is 1. The number of aromatic nitrogens is 3. The molecule has 5 nitrogen and oxygen atoms in total. The molecular weight excluding hydrogens is 494 g/mol. The van der Waals surface area contributed by atoms with Crippen molar-refractivity contribution in [2.24, 2.45) is 0 Å². The Balaban J connectivity index is 1.49. The highest BCUT2D eigenvalue weighted by Crippen LogP contribution is 2.38. The van der Waals surface area contributed by atoms with Gasteiger partial charge in [-0.2, -0.15) is 4.98 Å². The summed E-state index contributed by atoms with van der Waals surface area (Å²) in [6.45, 7) is 3.94. The van der Waals surface area contributed by atoms with E-state index in [0.717, 1.165) is 33.4 Å². The van der Waals surface area contributed by atoms with E-state index in [9.17, 15) is 5.11 Å². The van der Waals surface area contributed by atoms with E-state index in [-0.39, 0.29) is 11.9 Å². The van der Waals surface area contributed by atoms with Crippen LogP contribution in [0.1, 0.15) is 13.8 Å². The van der Waals surface area contributed by atoms with Gasteiger partial charge in [-0.15, -0.1) is 0 Å². The van der Waals surface area contributed by atoms with Gasteiger partial charge in [-0.05, 0) is 73.2 Å². The van der Waals surface area contributed by atoms with Crippen LogP contribution in [0.2, 0.25) is 0 Å². The van der Waals surface area contributed by atoms with Gasteiger partial charge in [-0.3, -0.25) is 0 Å². The van der Waals surface area contributed by atoms with Crippen molar-refractivity contribution in [3.63, 3.8) is 0 Å². The van der Waals surface area contributed by atoms with Crippen LogP contribution in [0.4, 0.5) is 0 Å². The maximum absolute atomic E-state index is 10.5. The molecule has 0 saturated heterocycles. The molecular formula is C35H27N3O2. The Hall–Kier alpha value is -5.16. The Morgan fingerprint density at radius 1 is 0.675 bits per heavy atom. The van der Waals surface area contributed by atoms with E-state index in [1.54, 1.807) is 12.1 Å². The summed E-state index contributed by atoms with van der Waals surface area (Å²) in [6.07, 6.45) is -0.0559. The van der Waals surface area contributed by atoms with E-state index >= 15 is 0 Å². The van der Waals surface area contributed by atoms with Gasteiger partial charge in [0, 0.05) is 28.1 Å². The van der Waals surface area contributed by atoms with Crippen molar-refractivity contribution < 1.29 is 9.84 Å². The van der Waals surface area contributed by atoms with Gasteiger partial charge >= 0.3 is 0 Å². The van der Waals surface area contributed by atoms with E-state index in [4.69, 9.17) is 9.72 Å². The summed E-state index contributed by atoms with van der Waals surface area (Å²) in [7, 11) is 0. The first-order valence-electron chi connectivity index (χ1n) is 13.4. The number of para-hydroxylation sites is 2. The fraction of sp³-hybridized carbons (Fsp3) is 0.0857. The maximum Gasteiger partial charge on any atom is 0.217 e. The molecule has 0 amide bonds. The SMILES string of the molecule is CC(C)Oc1cc(-c2ccc3c(c2)c2cc4ccccc4cc2n3-c2ccccc2)nc(-c2ccccc2O)n1. The minimum Gasteiger partial charge on any atom is -0.507 e. The lowest BCUT2D eigenvalue weighted by molar-refractivity contribution is 0.232. The summed E-state index contributed by atoms with van der Waals surface area (Å²) in [6, 6.07) is 38.9. The lowest BCUT2D eigenvalue weighted by Gasteiger charge is -2.13. The Bertz CT molecular complexity index is 2030. The normalized spacial score (nSPS) is 11.6. The standard InChI is InChI=1S/C35H27N3O2/c1-22(2)40-34-21-30(36-35(37-34)27-14-8-9-15-33(27)39)25-16-17-31-28(19-25)29-18-23-10-6-7-11-24(23)20-32(29)38(31)26-12-4-3-5-13-26/h3-22,39H,1-2H3. The third-order valence-corrected chi connectivity index (χ3v) is 7.15. The Morgan fingerprint density at radius 3 is 2.15 bits per heavy atom.